The van der Waals surface area contributed by atoms with Gasteiger partial charge in [-0.2, -0.15) is 0 Å². The van der Waals surface area contributed by atoms with Crippen LogP contribution in [-0.4, -0.2) is 4.98 Å². The first-order valence-corrected chi connectivity index (χ1v) is 9.92. The lowest BCUT2D eigenvalue weighted by Gasteiger charge is -2.00. The number of rotatable bonds is 4. The van der Waals surface area contributed by atoms with Gasteiger partial charge in [-0.3, -0.25) is 0 Å². The van der Waals surface area contributed by atoms with E-state index in [1.807, 2.05) is 6.92 Å². The van der Waals surface area contributed by atoms with Crippen LogP contribution in [-0.2, 0) is 0 Å². The summed E-state index contributed by atoms with van der Waals surface area (Å²) in [7, 11) is 0. The molecule has 0 saturated carbocycles. The summed E-state index contributed by atoms with van der Waals surface area (Å²) in [6.07, 6.45) is 8.56. The number of aryl methyl sites for hydroxylation is 2. The highest BCUT2D eigenvalue weighted by Gasteiger charge is 2.05. The number of hydrogen-bond donors (Lipinski definition) is 1. The van der Waals surface area contributed by atoms with Gasteiger partial charge in [0.15, 0.2) is 0 Å². The van der Waals surface area contributed by atoms with E-state index in [0.717, 1.165) is 15.7 Å². The quantitative estimate of drug-likeness (QED) is 0.683. The van der Waals surface area contributed by atoms with E-state index in [-0.39, 0.29) is 0 Å². The SMILES string of the molecule is CC1=CS\C(=C/C=C(/C=C/c2nc(C)cs2)c2cc(C)cs2)N1. The highest BCUT2D eigenvalue weighted by molar-refractivity contribution is 8.06. The first kappa shape index (κ1) is 16.3. The summed E-state index contributed by atoms with van der Waals surface area (Å²) in [4.78, 5) is 5.77. The van der Waals surface area contributed by atoms with Crippen molar-refractivity contribution < 1.29 is 0 Å². The number of thiazole rings is 1. The molecule has 2 nitrogen and oxygen atoms in total. The average molecular weight is 359 g/mol. The van der Waals surface area contributed by atoms with Crippen molar-refractivity contribution >= 4 is 46.1 Å². The van der Waals surface area contributed by atoms with Gasteiger partial charge >= 0.3 is 0 Å². The highest BCUT2D eigenvalue weighted by Crippen LogP contribution is 2.28. The average Bonchev–Trinajstić information content (AvgIpc) is 3.22. The molecule has 0 fully saturated rings. The van der Waals surface area contributed by atoms with Gasteiger partial charge in [0.2, 0.25) is 0 Å². The van der Waals surface area contributed by atoms with Gasteiger partial charge in [0.1, 0.15) is 5.01 Å². The Kier molecular flexibility index (Phi) is 5.20. The third-order valence-corrected chi connectivity index (χ3v) is 6.14. The summed E-state index contributed by atoms with van der Waals surface area (Å²) >= 11 is 5.17. The largest absolute Gasteiger partial charge is 0.353 e. The number of allylic oxidation sites excluding steroid dienone is 5. The predicted octanol–water partition coefficient (Wildman–Crippen LogP) is 5.96. The maximum atomic E-state index is 4.50. The molecule has 0 aliphatic carbocycles. The van der Waals surface area contributed by atoms with Crippen LogP contribution in [0.5, 0.6) is 0 Å². The molecule has 2 aromatic rings. The summed E-state index contributed by atoms with van der Waals surface area (Å²) in [5, 5.41) is 11.9. The van der Waals surface area contributed by atoms with Crippen molar-refractivity contribution in [2.75, 3.05) is 0 Å². The summed E-state index contributed by atoms with van der Waals surface area (Å²) < 4.78 is 0. The Morgan fingerprint density at radius 2 is 2.04 bits per heavy atom. The fraction of sp³-hybridized carbons (Fsp3) is 0.167. The summed E-state index contributed by atoms with van der Waals surface area (Å²) in [6, 6.07) is 2.23. The lowest BCUT2D eigenvalue weighted by atomic mass is 10.1. The molecular weight excluding hydrogens is 340 g/mol. The molecule has 0 spiro atoms. The van der Waals surface area contributed by atoms with Crippen LogP contribution in [0.2, 0.25) is 0 Å². The summed E-state index contributed by atoms with van der Waals surface area (Å²) in [5.74, 6) is 0. The van der Waals surface area contributed by atoms with E-state index in [1.165, 1.54) is 21.7 Å². The van der Waals surface area contributed by atoms with Crippen LogP contribution in [0.15, 0.2) is 51.2 Å². The van der Waals surface area contributed by atoms with E-state index in [9.17, 15) is 0 Å². The molecule has 0 aromatic carbocycles. The van der Waals surface area contributed by atoms with Crippen LogP contribution in [0.25, 0.3) is 11.6 Å². The number of aromatic nitrogens is 1. The van der Waals surface area contributed by atoms with E-state index in [4.69, 9.17) is 0 Å². The van der Waals surface area contributed by atoms with Gasteiger partial charge in [-0.25, -0.2) is 4.98 Å². The lowest BCUT2D eigenvalue weighted by molar-refractivity contribution is 1.06. The second kappa shape index (κ2) is 7.34. The zero-order valence-corrected chi connectivity index (χ0v) is 15.7. The van der Waals surface area contributed by atoms with E-state index >= 15 is 0 Å². The monoisotopic (exact) mass is 358 g/mol. The van der Waals surface area contributed by atoms with Gasteiger partial charge in [0.05, 0.1) is 5.03 Å². The zero-order chi connectivity index (χ0) is 16.2. The second-order valence-corrected chi connectivity index (χ2v) is 8.06. The Morgan fingerprint density at radius 1 is 1.17 bits per heavy atom. The Balaban J connectivity index is 1.86. The zero-order valence-electron chi connectivity index (χ0n) is 13.3. The van der Waals surface area contributed by atoms with Crippen molar-refractivity contribution in [1.29, 1.82) is 0 Å². The Morgan fingerprint density at radius 3 is 2.65 bits per heavy atom. The van der Waals surface area contributed by atoms with E-state index < -0.39 is 0 Å². The topological polar surface area (TPSA) is 24.9 Å². The number of thioether (sulfide) groups is 1. The third kappa shape index (κ3) is 4.47. The Labute approximate surface area is 149 Å². The van der Waals surface area contributed by atoms with Gasteiger partial charge in [0.25, 0.3) is 0 Å². The minimum Gasteiger partial charge on any atom is -0.353 e. The molecule has 5 heteroatoms. The van der Waals surface area contributed by atoms with Crippen LogP contribution in [0, 0.1) is 13.8 Å². The maximum absolute atomic E-state index is 4.50. The minimum atomic E-state index is 1.04. The molecule has 0 saturated heterocycles. The number of nitrogens with zero attached hydrogens (tertiary/aromatic N) is 1. The van der Waals surface area contributed by atoms with Gasteiger partial charge in [-0.05, 0) is 60.9 Å². The molecule has 23 heavy (non-hydrogen) atoms. The molecule has 118 valence electrons. The van der Waals surface area contributed by atoms with E-state index in [1.54, 1.807) is 34.4 Å². The van der Waals surface area contributed by atoms with Crippen molar-refractivity contribution in [2.45, 2.75) is 20.8 Å². The smallest absolute Gasteiger partial charge is 0.116 e. The third-order valence-electron chi connectivity index (χ3n) is 3.15. The van der Waals surface area contributed by atoms with Crippen molar-refractivity contribution in [2.24, 2.45) is 0 Å². The van der Waals surface area contributed by atoms with Crippen LogP contribution in [0.4, 0.5) is 0 Å². The van der Waals surface area contributed by atoms with Crippen molar-refractivity contribution in [3.63, 3.8) is 0 Å². The van der Waals surface area contributed by atoms with Crippen molar-refractivity contribution in [3.8, 4) is 0 Å². The summed E-state index contributed by atoms with van der Waals surface area (Å²) in [5.41, 5.74) is 4.77. The Bertz CT molecular complexity index is 819. The van der Waals surface area contributed by atoms with Gasteiger partial charge < -0.3 is 5.32 Å². The first-order chi connectivity index (χ1) is 11.1. The van der Waals surface area contributed by atoms with Crippen molar-refractivity contribution in [3.05, 3.63) is 72.3 Å². The molecule has 0 amide bonds. The van der Waals surface area contributed by atoms with Crippen LogP contribution < -0.4 is 5.32 Å². The van der Waals surface area contributed by atoms with E-state index in [2.05, 4.69) is 70.7 Å². The number of thiophene rings is 1. The molecular formula is C18H18N2S3. The molecule has 1 aliphatic rings. The van der Waals surface area contributed by atoms with Crippen LogP contribution in [0.1, 0.15) is 28.1 Å². The van der Waals surface area contributed by atoms with Crippen molar-refractivity contribution in [1.82, 2.24) is 10.3 Å². The molecule has 0 bridgehead atoms. The fourth-order valence-corrected chi connectivity index (χ4v) is 4.39. The molecule has 2 aromatic heterocycles. The molecule has 1 N–H and O–H groups in total. The molecule has 0 radical (unpaired) electrons. The minimum absolute atomic E-state index is 1.04. The van der Waals surface area contributed by atoms with Crippen LogP contribution in [0.3, 0.4) is 0 Å². The summed E-state index contributed by atoms with van der Waals surface area (Å²) in [6.45, 7) is 6.23. The van der Waals surface area contributed by atoms with E-state index in [0.29, 0.717) is 0 Å². The molecule has 3 rings (SSSR count). The highest BCUT2D eigenvalue weighted by atomic mass is 32.2. The van der Waals surface area contributed by atoms with Crippen LogP contribution >= 0.6 is 34.4 Å². The Hall–Kier alpha value is -1.56. The van der Waals surface area contributed by atoms with Gasteiger partial charge in [-0.15, -0.1) is 22.7 Å². The lowest BCUT2D eigenvalue weighted by Crippen LogP contribution is -2.00. The second-order valence-electron chi connectivity index (χ2n) is 5.35. The number of hydrogen-bond acceptors (Lipinski definition) is 5. The fourth-order valence-electron chi connectivity index (χ4n) is 2.06. The molecule has 0 atom stereocenters. The first-order valence-electron chi connectivity index (χ1n) is 7.28. The van der Waals surface area contributed by atoms with Gasteiger partial charge in [0, 0.05) is 21.6 Å². The standard InChI is InChI=1S/C18H18N2S3/c1-12-8-16(21-9-12)15(4-6-17-19-13(2)10-22-17)5-7-18-20-14(3)11-23-18/h4-11,19H,1-3H3/b7-5+,15-4-,17-6-. The normalized spacial score (nSPS) is 17.1. The molecule has 1 aliphatic heterocycles. The number of nitrogens with one attached hydrogen (secondary N) is 1. The maximum Gasteiger partial charge on any atom is 0.116 e. The predicted molar refractivity (Wildman–Crippen MR) is 105 cm³/mol. The molecule has 0 unspecified atom stereocenters. The van der Waals surface area contributed by atoms with Gasteiger partial charge in [-0.1, -0.05) is 23.9 Å². The molecule has 3 heterocycles.